The fourth-order valence-corrected chi connectivity index (χ4v) is 4.08. The van der Waals surface area contributed by atoms with Crippen molar-refractivity contribution in [1.82, 2.24) is 14.7 Å². The van der Waals surface area contributed by atoms with Gasteiger partial charge in [0.1, 0.15) is 12.9 Å². The van der Waals surface area contributed by atoms with E-state index in [1.165, 1.54) is 12.8 Å². The molecule has 0 bridgehead atoms. The van der Waals surface area contributed by atoms with Crippen molar-refractivity contribution in [2.45, 2.75) is 32.3 Å². The molecule has 1 aromatic carbocycles. The van der Waals surface area contributed by atoms with E-state index in [1.54, 1.807) is 0 Å². The number of hydrogen-bond acceptors (Lipinski definition) is 5. The highest BCUT2D eigenvalue weighted by Crippen LogP contribution is 2.19. The average molecular weight is 388 g/mol. The van der Waals surface area contributed by atoms with Crippen LogP contribution in [0.25, 0.3) is 0 Å². The maximum absolute atomic E-state index is 12.3. The van der Waals surface area contributed by atoms with Gasteiger partial charge >= 0.3 is 6.09 Å². The van der Waals surface area contributed by atoms with E-state index < -0.39 is 0 Å². The first-order valence-electron chi connectivity index (χ1n) is 10.6. The van der Waals surface area contributed by atoms with Gasteiger partial charge in [0.2, 0.25) is 0 Å². The SMILES string of the molecule is O=CCCCN1CCC(CN2CCN(C(=O)OCc3ccccc3)CC2)CC1. The highest BCUT2D eigenvalue weighted by Gasteiger charge is 2.26. The number of benzene rings is 1. The Morgan fingerprint density at radius 2 is 1.71 bits per heavy atom. The number of amides is 1. The molecule has 0 atom stereocenters. The Kier molecular flexibility index (Phi) is 8.30. The summed E-state index contributed by atoms with van der Waals surface area (Å²) < 4.78 is 5.45. The van der Waals surface area contributed by atoms with Crippen molar-refractivity contribution in [3.63, 3.8) is 0 Å². The molecule has 0 aromatic heterocycles. The molecule has 1 amide bonds. The van der Waals surface area contributed by atoms with E-state index in [-0.39, 0.29) is 6.09 Å². The van der Waals surface area contributed by atoms with Crippen molar-refractivity contribution in [2.24, 2.45) is 5.92 Å². The number of piperidine rings is 1. The number of likely N-dealkylation sites (tertiary alicyclic amines) is 1. The van der Waals surface area contributed by atoms with E-state index in [9.17, 15) is 9.59 Å². The highest BCUT2D eigenvalue weighted by atomic mass is 16.6. The van der Waals surface area contributed by atoms with Crippen LogP contribution in [0, 0.1) is 5.92 Å². The number of aldehydes is 1. The molecule has 3 rings (SSSR count). The molecule has 1 aromatic rings. The Morgan fingerprint density at radius 1 is 1.00 bits per heavy atom. The minimum absolute atomic E-state index is 0.202. The predicted octanol–water partition coefficient (Wildman–Crippen LogP) is 2.63. The molecule has 6 nitrogen and oxygen atoms in total. The van der Waals surface area contributed by atoms with Gasteiger partial charge in [0.05, 0.1) is 0 Å². The molecule has 0 radical (unpaired) electrons. The maximum atomic E-state index is 12.3. The Hall–Kier alpha value is -1.92. The van der Waals surface area contributed by atoms with E-state index >= 15 is 0 Å². The van der Waals surface area contributed by atoms with Crippen LogP contribution in [-0.4, -0.2) is 79.4 Å². The van der Waals surface area contributed by atoms with Crippen LogP contribution in [0.4, 0.5) is 4.79 Å². The standard InChI is InChI=1S/C22H33N3O3/c26-17-5-4-10-23-11-8-20(9-12-23)18-24-13-15-25(16-14-24)22(27)28-19-21-6-2-1-3-7-21/h1-3,6-7,17,20H,4-5,8-16,18-19H2. The third-order valence-electron chi connectivity index (χ3n) is 5.86. The first-order chi connectivity index (χ1) is 13.7. The van der Waals surface area contributed by atoms with Crippen molar-refractivity contribution in [1.29, 1.82) is 0 Å². The zero-order valence-electron chi connectivity index (χ0n) is 16.8. The van der Waals surface area contributed by atoms with Gasteiger partial charge in [-0.05, 0) is 50.4 Å². The Balaban J connectivity index is 1.30. The smallest absolute Gasteiger partial charge is 0.410 e. The largest absolute Gasteiger partial charge is 0.445 e. The van der Waals surface area contributed by atoms with Gasteiger partial charge in [0, 0.05) is 39.1 Å². The summed E-state index contributed by atoms with van der Waals surface area (Å²) >= 11 is 0. The van der Waals surface area contributed by atoms with Crippen LogP contribution in [0.1, 0.15) is 31.2 Å². The lowest BCUT2D eigenvalue weighted by molar-refractivity contribution is -0.108. The molecule has 0 unspecified atom stereocenters. The summed E-state index contributed by atoms with van der Waals surface area (Å²) in [7, 11) is 0. The topological polar surface area (TPSA) is 53.1 Å². The molecular weight excluding hydrogens is 354 g/mol. The second-order valence-corrected chi connectivity index (χ2v) is 7.92. The van der Waals surface area contributed by atoms with E-state index in [0.29, 0.717) is 13.0 Å². The zero-order valence-corrected chi connectivity index (χ0v) is 16.8. The Bertz CT molecular complexity index is 594. The lowest BCUT2D eigenvalue weighted by Crippen LogP contribution is -2.50. The molecule has 28 heavy (non-hydrogen) atoms. The molecule has 2 heterocycles. The van der Waals surface area contributed by atoms with E-state index in [1.807, 2.05) is 35.2 Å². The quantitative estimate of drug-likeness (QED) is 0.507. The van der Waals surface area contributed by atoms with Gasteiger partial charge in [-0.1, -0.05) is 30.3 Å². The molecule has 0 aliphatic carbocycles. The zero-order chi connectivity index (χ0) is 19.6. The van der Waals surface area contributed by atoms with Crippen LogP contribution in [0.2, 0.25) is 0 Å². The summed E-state index contributed by atoms with van der Waals surface area (Å²) in [6.07, 6.45) is 4.95. The summed E-state index contributed by atoms with van der Waals surface area (Å²) in [6.45, 7) is 8.18. The third-order valence-corrected chi connectivity index (χ3v) is 5.86. The van der Waals surface area contributed by atoms with E-state index in [4.69, 9.17) is 4.74 Å². The fraction of sp³-hybridized carbons (Fsp3) is 0.636. The van der Waals surface area contributed by atoms with Gasteiger partial charge in [0.25, 0.3) is 0 Å². The predicted molar refractivity (Wildman–Crippen MR) is 109 cm³/mol. The van der Waals surface area contributed by atoms with Crippen molar-refractivity contribution < 1.29 is 14.3 Å². The minimum atomic E-state index is -0.202. The van der Waals surface area contributed by atoms with Crippen molar-refractivity contribution in [3.8, 4) is 0 Å². The molecule has 2 aliphatic rings. The van der Waals surface area contributed by atoms with Gasteiger partial charge in [0.15, 0.2) is 0 Å². The third kappa shape index (κ3) is 6.60. The number of ether oxygens (including phenoxy) is 1. The molecule has 0 spiro atoms. The van der Waals surface area contributed by atoms with Gasteiger partial charge in [-0.15, -0.1) is 0 Å². The number of rotatable bonds is 8. The van der Waals surface area contributed by atoms with Gasteiger partial charge in [-0.3, -0.25) is 4.90 Å². The summed E-state index contributed by atoms with van der Waals surface area (Å²) in [5, 5.41) is 0. The lowest BCUT2D eigenvalue weighted by atomic mass is 9.95. The number of unbranched alkanes of at least 4 members (excludes halogenated alkanes) is 1. The van der Waals surface area contributed by atoms with Gasteiger partial charge in [-0.25, -0.2) is 4.79 Å². The summed E-state index contributed by atoms with van der Waals surface area (Å²) in [5.41, 5.74) is 1.02. The normalized spacial score (nSPS) is 19.5. The molecule has 2 fully saturated rings. The first-order valence-corrected chi connectivity index (χ1v) is 10.6. The molecule has 0 saturated carbocycles. The van der Waals surface area contributed by atoms with Crippen molar-refractivity contribution in [3.05, 3.63) is 35.9 Å². The van der Waals surface area contributed by atoms with E-state index in [2.05, 4.69) is 9.80 Å². The number of nitrogens with zero attached hydrogens (tertiary/aromatic N) is 3. The molecule has 2 saturated heterocycles. The van der Waals surface area contributed by atoms with Crippen molar-refractivity contribution >= 4 is 12.4 Å². The minimum Gasteiger partial charge on any atom is -0.445 e. The van der Waals surface area contributed by atoms with Gasteiger partial charge < -0.3 is 19.3 Å². The number of carbonyl (C=O) groups excluding carboxylic acids is 2. The second-order valence-electron chi connectivity index (χ2n) is 7.92. The monoisotopic (exact) mass is 387 g/mol. The highest BCUT2D eigenvalue weighted by molar-refractivity contribution is 5.67. The Labute approximate surface area is 168 Å². The maximum Gasteiger partial charge on any atom is 0.410 e. The number of hydrogen-bond donors (Lipinski definition) is 0. The number of piperazine rings is 1. The fourth-order valence-electron chi connectivity index (χ4n) is 4.08. The van der Waals surface area contributed by atoms with Crippen LogP contribution in [0.5, 0.6) is 0 Å². The van der Waals surface area contributed by atoms with Crippen LogP contribution in [0.3, 0.4) is 0 Å². The molecule has 6 heteroatoms. The Morgan fingerprint density at radius 3 is 2.39 bits per heavy atom. The lowest BCUT2D eigenvalue weighted by Gasteiger charge is -2.38. The van der Waals surface area contributed by atoms with Crippen LogP contribution in [-0.2, 0) is 16.1 Å². The van der Waals surface area contributed by atoms with Crippen LogP contribution in [0.15, 0.2) is 30.3 Å². The van der Waals surface area contributed by atoms with Gasteiger partial charge in [-0.2, -0.15) is 0 Å². The average Bonchev–Trinajstić information content (AvgIpc) is 2.75. The molecular formula is C22H33N3O3. The first kappa shape index (κ1) is 20.8. The summed E-state index contributed by atoms with van der Waals surface area (Å²) in [5.74, 6) is 0.749. The van der Waals surface area contributed by atoms with Crippen LogP contribution >= 0.6 is 0 Å². The molecule has 154 valence electrons. The van der Waals surface area contributed by atoms with Crippen molar-refractivity contribution in [2.75, 3.05) is 52.4 Å². The summed E-state index contributed by atoms with van der Waals surface area (Å²) in [4.78, 5) is 29.5. The summed E-state index contributed by atoms with van der Waals surface area (Å²) in [6, 6.07) is 9.81. The van der Waals surface area contributed by atoms with Crippen LogP contribution < -0.4 is 0 Å². The molecule has 2 aliphatic heterocycles. The van der Waals surface area contributed by atoms with E-state index in [0.717, 1.165) is 76.5 Å². The number of carbonyl (C=O) groups is 2. The second kappa shape index (κ2) is 11.2. The molecule has 0 N–H and O–H groups in total.